The minimum absolute atomic E-state index is 0.196. The molecular weight excluding hydrogens is 366 g/mol. The molecule has 2 N–H and O–H groups in total. The van der Waals surface area contributed by atoms with Crippen LogP contribution >= 0.6 is 0 Å². The van der Waals surface area contributed by atoms with E-state index < -0.39 is 6.10 Å². The predicted octanol–water partition coefficient (Wildman–Crippen LogP) is 3.99. The number of benzene rings is 1. The number of H-pyrrole nitrogens is 1. The quantitative estimate of drug-likeness (QED) is 0.538. The van der Waals surface area contributed by atoms with Crippen molar-refractivity contribution < 1.29 is 14.3 Å². The molecule has 0 aliphatic heterocycles. The van der Waals surface area contributed by atoms with E-state index in [1.807, 2.05) is 63.4 Å². The highest BCUT2D eigenvalue weighted by Gasteiger charge is 2.19. The Hall–Kier alpha value is -3.12. The summed E-state index contributed by atoms with van der Waals surface area (Å²) in [5.74, 6) is 0.134. The Morgan fingerprint density at radius 1 is 1.17 bits per heavy atom. The van der Waals surface area contributed by atoms with Gasteiger partial charge >= 0.3 is 5.97 Å². The van der Waals surface area contributed by atoms with E-state index in [1.165, 1.54) is 0 Å². The molecule has 0 fully saturated rings. The van der Waals surface area contributed by atoms with Crippen LogP contribution in [0.15, 0.2) is 60.9 Å². The van der Waals surface area contributed by atoms with Crippen LogP contribution in [0.25, 0.3) is 11.3 Å². The van der Waals surface area contributed by atoms with Gasteiger partial charge in [-0.15, -0.1) is 0 Å². The van der Waals surface area contributed by atoms with Crippen LogP contribution in [0.5, 0.6) is 5.88 Å². The molecule has 0 aliphatic rings. The van der Waals surface area contributed by atoms with Crippen molar-refractivity contribution in [1.29, 1.82) is 0 Å². The molecule has 0 amide bonds. The normalized spacial score (nSPS) is 12.0. The topological polar surface area (TPSA) is 76.2 Å². The molecular formula is C23H27N3O3. The van der Waals surface area contributed by atoms with Crippen LogP contribution in [-0.2, 0) is 4.74 Å². The molecule has 0 saturated heterocycles. The van der Waals surface area contributed by atoms with Crippen LogP contribution in [0.3, 0.4) is 0 Å². The van der Waals surface area contributed by atoms with E-state index in [2.05, 4.69) is 15.3 Å². The Balaban J connectivity index is 1.72. The fraction of sp³-hybridized carbons (Fsp3) is 0.304. The summed E-state index contributed by atoms with van der Waals surface area (Å²) >= 11 is 0. The van der Waals surface area contributed by atoms with E-state index in [9.17, 15) is 4.79 Å². The van der Waals surface area contributed by atoms with Gasteiger partial charge in [-0.1, -0.05) is 32.0 Å². The van der Waals surface area contributed by atoms with Crippen molar-refractivity contribution in [3.05, 3.63) is 72.1 Å². The van der Waals surface area contributed by atoms with Gasteiger partial charge in [0, 0.05) is 25.0 Å². The largest absolute Gasteiger partial charge is 0.473 e. The average molecular weight is 393 g/mol. The SMILES string of the molecule is Cc1cnc(OCC(CNC(C)C)OC(=O)c2ccccc2)c(-c2ccc[nH]2)c1. The van der Waals surface area contributed by atoms with E-state index in [-0.39, 0.29) is 18.6 Å². The first-order valence-corrected chi connectivity index (χ1v) is 9.75. The molecule has 29 heavy (non-hydrogen) atoms. The third-order valence-electron chi connectivity index (χ3n) is 4.32. The maximum Gasteiger partial charge on any atom is 0.338 e. The number of esters is 1. The molecule has 6 nitrogen and oxygen atoms in total. The number of aromatic amines is 1. The molecule has 2 heterocycles. The monoisotopic (exact) mass is 393 g/mol. The van der Waals surface area contributed by atoms with E-state index in [0.717, 1.165) is 16.8 Å². The fourth-order valence-electron chi connectivity index (χ4n) is 2.83. The van der Waals surface area contributed by atoms with Gasteiger partial charge in [-0.2, -0.15) is 0 Å². The van der Waals surface area contributed by atoms with Crippen LogP contribution in [0.4, 0.5) is 0 Å². The summed E-state index contributed by atoms with van der Waals surface area (Å²) in [7, 11) is 0. The lowest BCUT2D eigenvalue weighted by molar-refractivity contribution is 0.0168. The number of hydrogen-bond acceptors (Lipinski definition) is 5. The van der Waals surface area contributed by atoms with Crippen molar-refractivity contribution in [2.75, 3.05) is 13.2 Å². The van der Waals surface area contributed by atoms with Crippen LogP contribution in [0.2, 0.25) is 0 Å². The van der Waals surface area contributed by atoms with E-state index in [0.29, 0.717) is 18.0 Å². The van der Waals surface area contributed by atoms with Crippen molar-refractivity contribution in [2.45, 2.75) is 32.9 Å². The first kappa shape index (κ1) is 20.6. The highest BCUT2D eigenvalue weighted by molar-refractivity contribution is 5.89. The van der Waals surface area contributed by atoms with Crippen molar-refractivity contribution in [3.8, 4) is 17.1 Å². The lowest BCUT2D eigenvalue weighted by Crippen LogP contribution is -2.38. The zero-order chi connectivity index (χ0) is 20.6. The molecule has 0 radical (unpaired) electrons. The van der Waals surface area contributed by atoms with Crippen molar-refractivity contribution in [1.82, 2.24) is 15.3 Å². The molecule has 1 atom stereocenters. The van der Waals surface area contributed by atoms with Crippen LogP contribution in [0, 0.1) is 6.92 Å². The number of ether oxygens (including phenoxy) is 2. The lowest BCUT2D eigenvalue weighted by Gasteiger charge is -2.21. The van der Waals surface area contributed by atoms with Gasteiger partial charge in [0.2, 0.25) is 5.88 Å². The van der Waals surface area contributed by atoms with Gasteiger partial charge < -0.3 is 19.8 Å². The number of carbonyl (C=O) groups excluding carboxylic acids is 1. The molecule has 6 heteroatoms. The lowest BCUT2D eigenvalue weighted by atomic mass is 10.1. The Kier molecular flexibility index (Phi) is 7.03. The Labute approximate surface area is 171 Å². The van der Waals surface area contributed by atoms with E-state index in [4.69, 9.17) is 9.47 Å². The molecule has 0 bridgehead atoms. The fourth-order valence-corrected chi connectivity index (χ4v) is 2.83. The summed E-state index contributed by atoms with van der Waals surface area (Å²) in [6.45, 7) is 6.76. The van der Waals surface area contributed by atoms with Crippen molar-refractivity contribution in [2.24, 2.45) is 0 Å². The standard InChI is InChI=1S/C23H27N3O3/c1-16(2)25-14-19(29-23(27)18-8-5-4-6-9-18)15-28-22-20(12-17(3)13-26-22)21-10-7-11-24-21/h4-13,16,19,24-25H,14-15H2,1-3H3. The number of pyridine rings is 1. The Morgan fingerprint density at radius 3 is 2.66 bits per heavy atom. The molecule has 152 valence electrons. The summed E-state index contributed by atoms with van der Waals surface area (Å²) < 4.78 is 11.7. The first-order chi connectivity index (χ1) is 14.0. The van der Waals surface area contributed by atoms with E-state index in [1.54, 1.807) is 18.3 Å². The second kappa shape index (κ2) is 9.89. The minimum Gasteiger partial charge on any atom is -0.473 e. The molecule has 0 saturated carbocycles. The zero-order valence-corrected chi connectivity index (χ0v) is 17.0. The molecule has 1 unspecified atom stereocenters. The molecule has 0 aliphatic carbocycles. The third kappa shape index (κ3) is 5.93. The summed E-state index contributed by atoms with van der Waals surface area (Å²) in [5.41, 5.74) is 3.35. The highest BCUT2D eigenvalue weighted by Crippen LogP contribution is 2.27. The number of aromatic nitrogens is 2. The van der Waals surface area contributed by atoms with Crippen molar-refractivity contribution in [3.63, 3.8) is 0 Å². The predicted molar refractivity (Wildman–Crippen MR) is 113 cm³/mol. The van der Waals surface area contributed by atoms with E-state index >= 15 is 0 Å². The van der Waals surface area contributed by atoms with Crippen LogP contribution < -0.4 is 10.1 Å². The maximum atomic E-state index is 12.5. The van der Waals surface area contributed by atoms with Gasteiger partial charge in [-0.05, 0) is 42.8 Å². The zero-order valence-electron chi connectivity index (χ0n) is 17.0. The molecule has 0 spiro atoms. The minimum atomic E-state index is -0.454. The number of aryl methyl sites for hydroxylation is 1. The second-order valence-electron chi connectivity index (χ2n) is 7.22. The van der Waals surface area contributed by atoms with Gasteiger partial charge in [-0.3, -0.25) is 0 Å². The molecule has 3 rings (SSSR count). The number of nitrogens with one attached hydrogen (secondary N) is 2. The Bertz CT molecular complexity index is 908. The summed E-state index contributed by atoms with van der Waals surface area (Å²) in [6.07, 6.45) is 3.17. The summed E-state index contributed by atoms with van der Waals surface area (Å²) in [5, 5.41) is 3.31. The number of rotatable bonds is 9. The van der Waals surface area contributed by atoms with Gasteiger partial charge in [0.1, 0.15) is 12.7 Å². The average Bonchev–Trinajstić information content (AvgIpc) is 3.26. The van der Waals surface area contributed by atoms with Crippen LogP contribution in [-0.4, -0.2) is 41.2 Å². The number of nitrogens with zero attached hydrogens (tertiary/aromatic N) is 1. The second-order valence-corrected chi connectivity index (χ2v) is 7.22. The summed E-state index contributed by atoms with van der Waals surface area (Å²) in [6, 6.07) is 15.1. The first-order valence-electron chi connectivity index (χ1n) is 9.75. The van der Waals surface area contributed by atoms with Crippen LogP contribution in [0.1, 0.15) is 29.8 Å². The summed E-state index contributed by atoms with van der Waals surface area (Å²) in [4.78, 5) is 20.1. The molecule has 2 aromatic heterocycles. The van der Waals surface area contributed by atoms with Gasteiger partial charge in [0.05, 0.1) is 16.8 Å². The number of hydrogen-bond donors (Lipinski definition) is 2. The van der Waals surface area contributed by atoms with Gasteiger partial charge in [0.25, 0.3) is 0 Å². The van der Waals surface area contributed by atoms with Gasteiger partial charge in [0.15, 0.2) is 0 Å². The molecule has 1 aromatic carbocycles. The van der Waals surface area contributed by atoms with Gasteiger partial charge in [-0.25, -0.2) is 9.78 Å². The number of carbonyl (C=O) groups is 1. The maximum absolute atomic E-state index is 12.5. The third-order valence-corrected chi connectivity index (χ3v) is 4.32. The highest BCUT2D eigenvalue weighted by atomic mass is 16.6. The molecule has 3 aromatic rings. The Morgan fingerprint density at radius 2 is 1.97 bits per heavy atom. The smallest absolute Gasteiger partial charge is 0.338 e. The van der Waals surface area contributed by atoms with Crippen molar-refractivity contribution >= 4 is 5.97 Å².